The van der Waals surface area contributed by atoms with E-state index in [9.17, 15) is 18.9 Å². The van der Waals surface area contributed by atoms with Gasteiger partial charge in [-0.25, -0.2) is 4.57 Å². The van der Waals surface area contributed by atoms with Crippen molar-refractivity contribution >= 4 is 36.8 Å². The van der Waals surface area contributed by atoms with Crippen LogP contribution in [0.5, 0.6) is 5.75 Å². The molecule has 0 N–H and O–H groups in total. The number of hydrogen-bond acceptors (Lipinski definition) is 9. The van der Waals surface area contributed by atoms with Crippen molar-refractivity contribution in [1.29, 1.82) is 0 Å². The summed E-state index contributed by atoms with van der Waals surface area (Å²) in [4.78, 5) is 34.4. The molecule has 1 aliphatic rings. The van der Waals surface area contributed by atoms with Gasteiger partial charge in [-0.1, -0.05) is 42.1 Å². The smallest absolute Gasteiger partial charge is 0.474 e. The Morgan fingerprint density at radius 2 is 1.84 bits per heavy atom. The van der Waals surface area contributed by atoms with Crippen molar-refractivity contribution in [1.82, 2.24) is 0 Å². The zero-order valence-corrected chi connectivity index (χ0v) is 19.3. The van der Waals surface area contributed by atoms with Crippen molar-refractivity contribution in [3.8, 4) is 5.75 Å². The van der Waals surface area contributed by atoms with Gasteiger partial charge in [-0.2, -0.15) is 0 Å². The molecule has 0 spiro atoms. The number of carbonyl (C=O) groups excluding carboxylic acids is 3. The number of thioether (sulfide) groups is 1. The van der Waals surface area contributed by atoms with Crippen LogP contribution in [0.25, 0.3) is 0 Å². The van der Waals surface area contributed by atoms with Crippen LogP contribution >= 0.6 is 19.6 Å². The summed E-state index contributed by atoms with van der Waals surface area (Å²) in [5, 5.41) is -0.427. The molecule has 1 fully saturated rings. The Bertz CT molecular complexity index is 1010. The maximum absolute atomic E-state index is 12.5. The Balaban J connectivity index is 1.69. The number of benzene rings is 2. The molecular formula is C22H23O8PS. The first kappa shape index (κ1) is 24.4. The fourth-order valence-corrected chi connectivity index (χ4v) is 4.97. The highest BCUT2D eigenvalue weighted by atomic mass is 32.2. The van der Waals surface area contributed by atoms with Gasteiger partial charge >= 0.3 is 7.82 Å². The molecule has 8 nitrogen and oxygen atoms in total. The third-order valence-corrected chi connectivity index (χ3v) is 7.35. The van der Waals surface area contributed by atoms with Crippen LogP contribution < -0.4 is 4.74 Å². The van der Waals surface area contributed by atoms with E-state index in [1.54, 1.807) is 36.4 Å². The maximum Gasteiger partial charge on any atom is 0.474 e. The Morgan fingerprint density at radius 3 is 2.44 bits per heavy atom. The summed E-state index contributed by atoms with van der Waals surface area (Å²) in [7, 11) is -1.39. The van der Waals surface area contributed by atoms with Crippen LogP contribution in [0.15, 0.2) is 48.5 Å². The van der Waals surface area contributed by atoms with Crippen LogP contribution in [0.4, 0.5) is 0 Å². The van der Waals surface area contributed by atoms with Gasteiger partial charge in [0.25, 0.3) is 0 Å². The van der Waals surface area contributed by atoms with Crippen molar-refractivity contribution in [2.75, 3.05) is 20.8 Å². The largest absolute Gasteiger partial charge is 0.491 e. The molecule has 3 rings (SSSR count). The van der Waals surface area contributed by atoms with Gasteiger partial charge in [-0.05, 0) is 35.7 Å². The standard InChI is InChI=1S/C22H23O8PS/c1-27-31(26,28-2)30-20(17-5-3-4-16(10-17)13-23)14-29-18-8-6-15(7-9-18)11-21-19(24)12-22(25)32-21/h3-10,13,20-21H,11-12,14H2,1-2H3. The number of rotatable bonds is 11. The number of hydrogen-bond donors (Lipinski definition) is 0. The number of aldehydes is 1. The Labute approximate surface area is 190 Å². The number of ketones is 1. The van der Waals surface area contributed by atoms with E-state index in [4.69, 9.17) is 18.3 Å². The van der Waals surface area contributed by atoms with Gasteiger partial charge in [0.05, 0.1) is 11.7 Å². The minimum atomic E-state index is -3.81. The number of carbonyl (C=O) groups is 3. The van der Waals surface area contributed by atoms with Gasteiger partial charge < -0.3 is 4.74 Å². The highest BCUT2D eigenvalue weighted by molar-refractivity contribution is 8.15. The number of phosphoric ester groups is 1. The molecule has 2 unspecified atom stereocenters. The molecule has 1 saturated heterocycles. The first-order valence-electron chi connectivity index (χ1n) is 9.74. The average Bonchev–Trinajstić information content (AvgIpc) is 3.13. The first-order chi connectivity index (χ1) is 15.4. The summed E-state index contributed by atoms with van der Waals surface area (Å²) in [6, 6.07) is 13.8. The summed E-state index contributed by atoms with van der Waals surface area (Å²) in [6.07, 6.45) is 0.340. The van der Waals surface area contributed by atoms with E-state index in [-0.39, 0.29) is 29.2 Å². The third-order valence-electron chi connectivity index (χ3n) is 4.82. The highest BCUT2D eigenvalue weighted by Gasteiger charge is 2.32. The first-order valence-corrected chi connectivity index (χ1v) is 12.1. The van der Waals surface area contributed by atoms with Crippen LogP contribution in [-0.2, 0) is 34.1 Å². The SMILES string of the molecule is COP(=O)(OC)OC(COc1ccc(CC2SC(=O)CC2=O)cc1)c1cccc(C=O)c1. The second-order valence-electron chi connectivity index (χ2n) is 6.98. The van der Waals surface area contributed by atoms with E-state index in [2.05, 4.69) is 0 Å². The predicted molar refractivity (Wildman–Crippen MR) is 119 cm³/mol. The van der Waals surface area contributed by atoms with E-state index in [1.807, 2.05) is 12.1 Å². The summed E-state index contributed by atoms with van der Waals surface area (Å²) >= 11 is 1.09. The molecule has 2 atom stereocenters. The van der Waals surface area contributed by atoms with Gasteiger partial charge in [0, 0.05) is 19.8 Å². The van der Waals surface area contributed by atoms with Gasteiger partial charge in [-0.15, -0.1) is 0 Å². The Hall–Kier alpha value is -2.29. The lowest BCUT2D eigenvalue weighted by Crippen LogP contribution is -2.15. The molecule has 2 aromatic rings. The predicted octanol–water partition coefficient (Wildman–Crippen LogP) is 4.18. The van der Waals surface area contributed by atoms with Gasteiger partial charge in [0.2, 0.25) is 0 Å². The second kappa shape index (κ2) is 11.0. The molecular weight excluding hydrogens is 455 g/mol. The zero-order valence-electron chi connectivity index (χ0n) is 17.6. The topological polar surface area (TPSA) is 105 Å². The van der Waals surface area contributed by atoms with Crippen LogP contribution in [-0.4, -0.2) is 43.3 Å². The van der Waals surface area contributed by atoms with Crippen molar-refractivity contribution in [2.45, 2.75) is 24.2 Å². The minimum absolute atomic E-state index is 0.00394. The molecule has 1 heterocycles. The zero-order chi connectivity index (χ0) is 23.1. The summed E-state index contributed by atoms with van der Waals surface area (Å²) in [5.74, 6) is 0.485. The van der Waals surface area contributed by atoms with Crippen molar-refractivity contribution in [3.05, 3.63) is 65.2 Å². The summed E-state index contributed by atoms with van der Waals surface area (Å²) in [6.45, 7) is -0.0240. The van der Waals surface area contributed by atoms with E-state index in [1.165, 1.54) is 14.2 Å². The van der Waals surface area contributed by atoms with Crippen molar-refractivity contribution in [3.63, 3.8) is 0 Å². The quantitative estimate of drug-likeness (QED) is 0.267. The maximum atomic E-state index is 12.5. The summed E-state index contributed by atoms with van der Waals surface area (Å²) in [5.41, 5.74) is 1.91. The molecule has 0 saturated carbocycles. The lowest BCUT2D eigenvalue weighted by Gasteiger charge is -2.23. The lowest BCUT2D eigenvalue weighted by atomic mass is 10.1. The van der Waals surface area contributed by atoms with E-state index >= 15 is 0 Å². The van der Waals surface area contributed by atoms with Crippen molar-refractivity contribution in [2.24, 2.45) is 0 Å². The highest BCUT2D eigenvalue weighted by Crippen LogP contribution is 2.51. The van der Waals surface area contributed by atoms with E-state index in [0.29, 0.717) is 29.6 Å². The van der Waals surface area contributed by atoms with Crippen LogP contribution in [0, 0.1) is 0 Å². The molecule has 1 aliphatic heterocycles. The van der Waals surface area contributed by atoms with Gasteiger partial charge in [0.15, 0.2) is 10.9 Å². The number of ether oxygens (including phenoxy) is 1. The fraction of sp³-hybridized carbons (Fsp3) is 0.318. The van der Waals surface area contributed by atoms with E-state index in [0.717, 1.165) is 17.3 Å². The molecule has 0 aromatic heterocycles. The van der Waals surface area contributed by atoms with Gasteiger partial charge in [-0.3, -0.25) is 28.0 Å². The lowest BCUT2D eigenvalue weighted by molar-refractivity contribution is -0.121. The van der Waals surface area contributed by atoms with Crippen molar-refractivity contribution < 1.29 is 37.3 Å². The molecule has 0 amide bonds. The minimum Gasteiger partial charge on any atom is -0.491 e. The molecule has 10 heteroatoms. The summed E-state index contributed by atoms with van der Waals surface area (Å²) < 4.78 is 33.7. The number of phosphoric acid groups is 1. The molecule has 0 radical (unpaired) electrons. The van der Waals surface area contributed by atoms with E-state index < -0.39 is 13.9 Å². The Kier molecular flexibility index (Phi) is 8.39. The molecule has 0 aliphatic carbocycles. The third kappa shape index (κ3) is 6.37. The normalized spacial score (nSPS) is 17.4. The Morgan fingerprint density at radius 1 is 1.12 bits per heavy atom. The van der Waals surface area contributed by atoms with Gasteiger partial charge in [0.1, 0.15) is 24.7 Å². The molecule has 32 heavy (non-hydrogen) atoms. The number of Topliss-reactive ketones (excluding diaryl/α,β-unsaturated/α-hetero) is 1. The van der Waals surface area contributed by atoms with Crippen LogP contribution in [0.3, 0.4) is 0 Å². The average molecular weight is 478 g/mol. The molecule has 2 aromatic carbocycles. The second-order valence-corrected chi connectivity index (χ2v) is 10.1. The molecule has 170 valence electrons. The monoisotopic (exact) mass is 478 g/mol. The van der Waals surface area contributed by atoms with Crippen LogP contribution in [0.2, 0.25) is 0 Å². The molecule has 0 bridgehead atoms. The fourth-order valence-electron chi connectivity index (χ4n) is 3.12. The van der Waals surface area contributed by atoms with Crippen LogP contribution in [0.1, 0.15) is 34.0 Å².